The third kappa shape index (κ3) is 4.66. The summed E-state index contributed by atoms with van der Waals surface area (Å²) in [5.41, 5.74) is 2.94. The van der Waals surface area contributed by atoms with Crippen molar-refractivity contribution in [2.24, 2.45) is 0 Å². The number of nitrogens with zero attached hydrogens (tertiary/aromatic N) is 1. The number of ether oxygens (including phenoxy) is 1. The quantitative estimate of drug-likeness (QED) is 0.577. The average Bonchev–Trinajstić information content (AvgIpc) is 2.69. The Morgan fingerprint density at radius 1 is 0.964 bits per heavy atom. The topological polar surface area (TPSA) is 80.3 Å². The summed E-state index contributed by atoms with van der Waals surface area (Å²) in [4.78, 5) is 27.8. The molecule has 142 valence electrons. The standard InChI is InChI=1S/C21H18ClN3O3/c1-13(26)14-3-5-15(6-4-14)25-21(27)19-9-7-17(12-23-19)24-16-8-10-20(28-2)18(22)11-16/h3-12,24H,1-2H3,(H,25,27). The van der Waals surface area contributed by atoms with Crippen molar-refractivity contribution in [1.29, 1.82) is 0 Å². The summed E-state index contributed by atoms with van der Waals surface area (Å²) in [6, 6.07) is 15.4. The molecule has 0 aliphatic carbocycles. The van der Waals surface area contributed by atoms with Crippen LogP contribution in [0.25, 0.3) is 0 Å². The number of carbonyl (C=O) groups is 2. The van der Waals surface area contributed by atoms with Crippen molar-refractivity contribution in [2.75, 3.05) is 17.7 Å². The Morgan fingerprint density at radius 2 is 1.64 bits per heavy atom. The zero-order chi connectivity index (χ0) is 20.1. The van der Waals surface area contributed by atoms with Gasteiger partial charge in [0.15, 0.2) is 5.78 Å². The summed E-state index contributed by atoms with van der Waals surface area (Å²) in [6.45, 7) is 1.49. The van der Waals surface area contributed by atoms with E-state index in [9.17, 15) is 9.59 Å². The van der Waals surface area contributed by atoms with Crippen LogP contribution in [-0.2, 0) is 0 Å². The van der Waals surface area contributed by atoms with Crippen LogP contribution in [-0.4, -0.2) is 23.8 Å². The lowest BCUT2D eigenvalue weighted by Crippen LogP contribution is -2.13. The lowest BCUT2D eigenvalue weighted by Gasteiger charge is -2.09. The molecule has 0 fully saturated rings. The van der Waals surface area contributed by atoms with Gasteiger partial charge in [-0.05, 0) is 61.5 Å². The lowest BCUT2D eigenvalue weighted by atomic mass is 10.1. The predicted octanol–water partition coefficient (Wildman–Crippen LogP) is 4.94. The number of halogens is 1. The van der Waals surface area contributed by atoms with Gasteiger partial charge in [-0.1, -0.05) is 11.6 Å². The minimum Gasteiger partial charge on any atom is -0.495 e. The molecule has 0 radical (unpaired) electrons. The van der Waals surface area contributed by atoms with Gasteiger partial charge in [-0.15, -0.1) is 0 Å². The number of hydrogen-bond donors (Lipinski definition) is 2. The molecular weight excluding hydrogens is 378 g/mol. The van der Waals surface area contributed by atoms with Crippen LogP contribution in [0.2, 0.25) is 5.02 Å². The van der Waals surface area contributed by atoms with E-state index in [2.05, 4.69) is 15.6 Å². The molecule has 2 N–H and O–H groups in total. The number of amides is 1. The molecule has 6 nitrogen and oxygen atoms in total. The average molecular weight is 396 g/mol. The SMILES string of the molecule is COc1ccc(Nc2ccc(C(=O)Nc3ccc(C(C)=O)cc3)nc2)cc1Cl. The lowest BCUT2D eigenvalue weighted by molar-refractivity contribution is 0.101. The first-order valence-corrected chi connectivity index (χ1v) is 8.83. The number of Topliss-reactive ketones (excluding diaryl/α,β-unsaturated/α-hetero) is 1. The van der Waals surface area contributed by atoms with E-state index >= 15 is 0 Å². The fourth-order valence-electron chi connectivity index (χ4n) is 2.50. The van der Waals surface area contributed by atoms with Crippen LogP contribution < -0.4 is 15.4 Å². The van der Waals surface area contributed by atoms with E-state index in [4.69, 9.17) is 16.3 Å². The highest BCUT2D eigenvalue weighted by molar-refractivity contribution is 6.32. The molecule has 0 unspecified atom stereocenters. The number of ketones is 1. The molecule has 0 aliphatic heterocycles. The summed E-state index contributed by atoms with van der Waals surface area (Å²) in [5, 5.41) is 6.40. The maximum atomic E-state index is 12.3. The molecule has 3 aromatic rings. The van der Waals surface area contributed by atoms with Gasteiger partial charge in [0.2, 0.25) is 0 Å². The molecule has 0 spiro atoms. The third-order valence-electron chi connectivity index (χ3n) is 3.99. The van der Waals surface area contributed by atoms with Crippen molar-refractivity contribution in [1.82, 2.24) is 4.98 Å². The molecule has 28 heavy (non-hydrogen) atoms. The van der Waals surface area contributed by atoms with Gasteiger partial charge in [-0.25, -0.2) is 4.98 Å². The number of benzene rings is 2. The fraction of sp³-hybridized carbons (Fsp3) is 0.0952. The smallest absolute Gasteiger partial charge is 0.274 e. The Bertz CT molecular complexity index is 1000. The molecular formula is C21H18ClN3O3. The van der Waals surface area contributed by atoms with Crippen LogP contribution in [0.3, 0.4) is 0 Å². The maximum absolute atomic E-state index is 12.3. The second-order valence-corrected chi connectivity index (χ2v) is 6.40. The Kier molecular flexibility index (Phi) is 5.91. The van der Waals surface area contributed by atoms with Crippen molar-refractivity contribution >= 4 is 40.4 Å². The van der Waals surface area contributed by atoms with Crippen LogP contribution in [0.15, 0.2) is 60.8 Å². The summed E-state index contributed by atoms with van der Waals surface area (Å²) >= 11 is 6.11. The van der Waals surface area contributed by atoms with Gasteiger partial charge in [0.05, 0.1) is 24.0 Å². The van der Waals surface area contributed by atoms with E-state index in [1.165, 1.54) is 6.92 Å². The number of rotatable bonds is 6. The first-order valence-electron chi connectivity index (χ1n) is 8.45. The van der Waals surface area contributed by atoms with Crippen molar-refractivity contribution in [2.45, 2.75) is 6.92 Å². The van der Waals surface area contributed by atoms with E-state index in [0.29, 0.717) is 27.7 Å². The Labute approximate surface area is 167 Å². The Balaban J connectivity index is 1.65. The highest BCUT2D eigenvalue weighted by Gasteiger charge is 2.09. The monoisotopic (exact) mass is 395 g/mol. The van der Waals surface area contributed by atoms with E-state index in [-0.39, 0.29) is 17.4 Å². The summed E-state index contributed by atoms with van der Waals surface area (Å²) in [6.07, 6.45) is 1.56. The van der Waals surface area contributed by atoms with E-state index in [0.717, 1.165) is 5.69 Å². The van der Waals surface area contributed by atoms with Crippen LogP contribution in [0.4, 0.5) is 17.1 Å². The van der Waals surface area contributed by atoms with Crippen LogP contribution in [0.5, 0.6) is 5.75 Å². The molecule has 3 rings (SSSR count). The molecule has 0 saturated carbocycles. The van der Waals surface area contributed by atoms with E-state index in [1.807, 2.05) is 6.07 Å². The first kappa shape index (κ1) is 19.4. The van der Waals surface area contributed by atoms with Crippen molar-refractivity contribution < 1.29 is 14.3 Å². The summed E-state index contributed by atoms with van der Waals surface area (Å²) in [5.74, 6) is 0.226. The minimum atomic E-state index is -0.338. The number of carbonyl (C=O) groups excluding carboxylic acids is 2. The van der Waals surface area contributed by atoms with Gasteiger partial charge < -0.3 is 15.4 Å². The molecule has 7 heteroatoms. The molecule has 1 heterocycles. The van der Waals surface area contributed by atoms with Crippen LogP contribution in [0.1, 0.15) is 27.8 Å². The van der Waals surface area contributed by atoms with Gasteiger partial charge in [-0.2, -0.15) is 0 Å². The zero-order valence-electron chi connectivity index (χ0n) is 15.3. The highest BCUT2D eigenvalue weighted by Crippen LogP contribution is 2.28. The third-order valence-corrected chi connectivity index (χ3v) is 4.28. The number of anilines is 3. The molecule has 0 atom stereocenters. The van der Waals surface area contributed by atoms with Gasteiger partial charge in [0, 0.05) is 16.9 Å². The van der Waals surface area contributed by atoms with Gasteiger partial charge in [0.1, 0.15) is 11.4 Å². The largest absolute Gasteiger partial charge is 0.495 e. The summed E-state index contributed by atoms with van der Waals surface area (Å²) < 4.78 is 5.13. The number of nitrogens with one attached hydrogen (secondary N) is 2. The molecule has 0 aliphatic rings. The molecule has 1 amide bonds. The van der Waals surface area contributed by atoms with E-state index < -0.39 is 0 Å². The normalized spacial score (nSPS) is 10.2. The number of methoxy groups -OCH3 is 1. The summed E-state index contributed by atoms with van der Waals surface area (Å²) in [7, 11) is 1.56. The Hall–Kier alpha value is -3.38. The van der Waals surface area contributed by atoms with Gasteiger partial charge in [-0.3, -0.25) is 9.59 Å². The minimum absolute atomic E-state index is 0.0271. The van der Waals surface area contributed by atoms with Crippen LogP contribution in [0, 0.1) is 0 Å². The van der Waals surface area contributed by atoms with Crippen molar-refractivity contribution in [3.05, 3.63) is 77.1 Å². The predicted molar refractivity (Wildman–Crippen MR) is 110 cm³/mol. The fourth-order valence-corrected chi connectivity index (χ4v) is 2.75. The van der Waals surface area contributed by atoms with Crippen LogP contribution >= 0.6 is 11.6 Å². The number of aromatic nitrogens is 1. The van der Waals surface area contributed by atoms with Crippen molar-refractivity contribution in [3.8, 4) is 5.75 Å². The number of hydrogen-bond acceptors (Lipinski definition) is 5. The first-order chi connectivity index (χ1) is 13.5. The van der Waals surface area contributed by atoms with Gasteiger partial charge in [0.25, 0.3) is 5.91 Å². The molecule has 2 aromatic carbocycles. The molecule has 0 saturated heterocycles. The second-order valence-electron chi connectivity index (χ2n) is 5.99. The molecule has 1 aromatic heterocycles. The zero-order valence-corrected chi connectivity index (χ0v) is 16.1. The maximum Gasteiger partial charge on any atom is 0.274 e. The van der Waals surface area contributed by atoms with E-state index in [1.54, 1.807) is 61.8 Å². The van der Waals surface area contributed by atoms with Gasteiger partial charge >= 0.3 is 0 Å². The molecule has 0 bridgehead atoms. The second kappa shape index (κ2) is 8.54. The number of pyridine rings is 1. The Morgan fingerprint density at radius 3 is 2.21 bits per heavy atom. The highest BCUT2D eigenvalue weighted by atomic mass is 35.5. The van der Waals surface area contributed by atoms with Crippen molar-refractivity contribution in [3.63, 3.8) is 0 Å².